The summed E-state index contributed by atoms with van der Waals surface area (Å²) in [4.78, 5) is 12.9. The Labute approximate surface area is 415 Å². The van der Waals surface area contributed by atoms with Crippen molar-refractivity contribution in [1.29, 1.82) is 0 Å². The van der Waals surface area contributed by atoms with Crippen LogP contribution in [-0.2, 0) is 38.3 Å². The van der Waals surface area contributed by atoms with Crippen molar-refractivity contribution in [3.63, 3.8) is 0 Å². The van der Waals surface area contributed by atoms with E-state index in [-0.39, 0.29) is 19.6 Å². The SMILES string of the molecule is CCCCCCC/C=C\C/C=C\CCCCCCCCCCCCCCCCOCC(COC1OC(CO)C(O)C(OS(=O)(=O)O)C1O)OC(=O)CCCCCCC/C=C\CCCCCCCC. The van der Waals surface area contributed by atoms with Crippen molar-refractivity contribution in [2.45, 2.75) is 282 Å². The van der Waals surface area contributed by atoms with Crippen LogP contribution in [0.1, 0.15) is 245 Å². The van der Waals surface area contributed by atoms with Crippen molar-refractivity contribution in [1.82, 2.24) is 0 Å². The zero-order valence-corrected chi connectivity index (χ0v) is 44.0. The quantitative estimate of drug-likeness (QED) is 0.0197. The van der Waals surface area contributed by atoms with E-state index < -0.39 is 59.8 Å². The lowest BCUT2D eigenvalue weighted by Gasteiger charge is -2.41. The minimum absolute atomic E-state index is 0.0344. The Hall–Kier alpha value is -1.68. The lowest BCUT2D eigenvalue weighted by Crippen LogP contribution is -2.60. The van der Waals surface area contributed by atoms with Gasteiger partial charge in [-0.1, -0.05) is 204 Å². The molecule has 13 heteroatoms. The Morgan fingerprint density at radius 2 is 0.971 bits per heavy atom. The van der Waals surface area contributed by atoms with Gasteiger partial charge >= 0.3 is 16.4 Å². The molecule has 0 aliphatic carbocycles. The first kappa shape index (κ1) is 64.3. The van der Waals surface area contributed by atoms with E-state index in [0.717, 1.165) is 64.2 Å². The Balaban J connectivity index is 2.28. The highest BCUT2D eigenvalue weighted by Gasteiger charge is 2.48. The van der Waals surface area contributed by atoms with Crippen LogP contribution in [0.2, 0.25) is 0 Å². The minimum Gasteiger partial charge on any atom is -0.457 e. The molecule has 0 spiro atoms. The van der Waals surface area contributed by atoms with Crippen LogP contribution in [0.5, 0.6) is 0 Å². The second kappa shape index (κ2) is 46.4. The van der Waals surface area contributed by atoms with Crippen LogP contribution in [0.25, 0.3) is 0 Å². The third-order valence-electron chi connectivity index (χ3n) is 12.7. The molecule has 0 radical (unpaired) electrons. The van der Waals surface area contributed by atoms with Gasteiger partial charge in [-0.15, -0.1) is 0 Å². The summed E-state index contributed by atoms with van der Waals surface area (Å²) in [6.45, 7) is 4.00. The summed E-state index contributed by atoms with van der Waals surface area (Å²) in [7, 11) is -5.07. The molecule has 4 N–H and O–H groups in total. The number of unbranched alkanes of at least 4 members (excludes halogenated alkanes) is 30. The number of allylic oxidation sites excluding steroid dienone is 6. The van der Waals surface area contributed by atoms with Crippen LogP contribution in [0, 0.1) is 0 Å². The highest BCUT2D eigenvalue weighted by molar-refractivity contribution is 7.80. The van der Waals surface area contributed by atoms with E-state index in [1.807, 2.05) is 0 Å². The fraction of sp³-hybridized carbons (Fsp3) is 0.873. The second-order valence-corrected chi connectivity index (χ2v) is 20.2. The molecule has 1 saturated heterocycles. The first-order valence-electron chi connectivity index (χ1n) is 27.7. The number of ether oxygens (including phenoxy) is 4. The Kier molecular flexibility index (Phi) is 43.9. The molecule has 0 aromatic carbocycles. The molecular formula is C55H102O12S. The molecule has 68 heavy (non-hydrogen) atoms. The maximum atomic E-state index is 12.9. The number of carbonyl (C=O) groups excluding carboxylic acids is 1. The lowest BCUT2D eigenvalue weighted by atomic mass is 9.99. The van der Waals surface area contributed by atoms with Gasteiger partial charge in [-0.05, 0) is 70.6 Å². The monoisotopic (exact) mass is 987 g/mol. The molecule has 1 rings (SSSR count). The Bertz CT molecular complexity index is 1320. The average Bonchev–Trinajstić information content (AvgIpc) is 3.31. The molecule has 1 heterocycles. The molecule has 400 valence electrons. The Morgan fingerprint density at radius 3 is 1.41 bits per heavy atom. The lowest BCUT2D eigenvalue weighted by molar-refractivity contribution is -0.301. The van der Waals surface area contributed by atoms with Gasteiger partial charge in [-0.25, -0.2) is 4.18 Å². The predicted octanol–water partition coefficient (Wildman–Crippen LogP) is 13.3. The summed E-state index contributed by atoms with van der Waals surface area (Å²) in [5.74, 6) is -0.405. The average molecular weight is 987 g/mol. The van der Waals surface area contributed by atoms with Crippen LogP contribution >= 0.6 is 0 Å². The number of esters is 1. The van der Waals surface area contributed by atoms with Crippen molar-refractivity contribution in [2.75, 3.05) is 26.4 Å². The standard InChI is InChI=1S/C55H102O12S/c1-3-5-7-9-11-13-15-17-19-20-21-22-23-24-25-26-27-28-29-31-33-35-37-39-41-43-45-63-47-49(48-64-55-53(59)54(67-68(60,61)62)52(58)50(46-56)66-55)65-51(57)44-42-40-38-36-34-32-30-18-16-14-12-10-8-6-4-2/h15,17-18,20-21,30,49-50,52-56,58-59H,3-14,16,19,22-29,31-48H2,1-2H3,(H,60,61,62)/b17-15-,21-20-,30-18-. The first-order valence-corrected chi connectivity index (χ1v) is 29.1. The number of carbonyl (C=O) groups is 1. The molecule has 0 bridgehead atoms. The fourth-order valence-electron chi connectivity index (χ4n) is 8.52. The molecular weight excluding hydrogens is 885 g/mol. The summed E-state index contributed by atoms with van der Waals surface area (Å²) in [6.07, 6.45) is 47.6. The normalized spacial score (nSPS) is 19.5. The van der Waals surface area contributed by atoms with E-state index in [2.05, 4.69) is 54.5 Å². The third kappa shape index (κ3) is 39.0. The topological polar surface area (TPSA) is 178 Å². The summed E-state index contributed by atoms with van der Waals surface area (Å²) in [5.41, 5.74) is 0. The van der Waals surface area contributed by atoms with Crippen molar-refractivity contribution in [3.05, 3.63) is 36.5 Å². The van der Waals surface area contributed by atoms with Gasteiger partial charge in [0.25, 0.3) is 0 Å². The van der Waals surface area contributed by atoms with E-state index >= 15 is 0 Å². The van der Waals surface area contributed by atoms with Gasteiger partial charge in [0, 0.05) is 13.0 Å². The molecule has 12 nitrogen and oxygen atoms in total. The Morgan fingerprint density at radius 1 is 0.559 bits per heavy atom. The molecule has 6 unspecified atom stereocenters. The molecule has 1 aliphatic heterocycles. The van der Waals surface area contributed by atoms with Gasteiger partial charge in [0.15, 0.2) is 6.29 Å². The maximum Gasteiger partial charge on any atom is 0.397 e. The summed E-state index contributed by atoms with van der Waals surface area (Å²) in [6, 6.07) is 0. The zero-order valence-electron chi connectivity index (χ0n) is 43.2. The molecule has 1 fully saturated rings. The summed E-state index contributed by atoms with van der Waals surface area (Å²) in [5, 5.41) is 30.8. The zero-order chi connectivity index (χ0) is 49.6. The van der Waals surface area contributed by atoms with E-state index in [1.165, 1.54) is 154 Å². The fourth-order valence-corrected chi connectivity index (χ4v) is 9.03. The molecule has 1 aliphatic rings. The largest absolute Gasteiger partial charge is 0.457 e. The highest BCUT2D eigenvalue weighted by atomic mass is 32.3. The number of aliphatic hydroxyl groups is 3. The number of hydrogen-bond acceptors (Lipinski definition) is 11. The van der Waals surface area contributed by atoms with Gasteiger partial charge in [-0.3, -0.25) is 9.35 Å². The number of aliphatic hydroxyl groups excluding tert-OH is 3. The highest BCUT2D eigenvalue weighted by Crippen LogP contribution is 2.26. The van der Waals surface area contributed by atoms with Gasteiger partial charge in [0.1, 0.15) is 30.5 Å². The number of hydrogen-bond donors (Lipinski definition) is 4. The minimum atomic E-state index is -5.07. The van der Waals surface area contributed by atoms with Crippen LogP contribution < -0.4 is 0 Å². The molecule has 0 aromatic rings. The van der Waals surface area contributed by atoms with Crippen LogP contribution in [0.4, 0.5) is 0 Å². The first-order chi connectivity index (χ1) is 33.1. The molecule has 0 amide bonds. The van der Waals surface area contributed by atoms with E-state index in [1.54, 1.807) is 0 Å². The molecule has 0 aromatic heterocycles. The molecule has 0 saturated carbocycles. The van der Waals surface area contributed by atoms with Crippen molar-refractivity contribution in [2.24, 2.45) is 0 Å². The number of rotatable bonds is 49. The van der Waals surface area contributed by atoms with Gasteiger partial charge in [0.2, 0.25) is 0 Å². The van der Waals surface area contributed by atoms with Crippen LogP contribution in [0.15, 0.2) is 36.5 Å². The summed E-state index contributed by atoms with van der Waals surface area (Å²) >= 11 is 0. The van der Waals surface area contributed by atoms with Gasteiger partial charge < -0.3 is 34.3 Å². The van der Waals surface area contributed by atoms with E-state index in [4.69, 9.17) is 18.9 Å². The van der Waals surface area contributed by atoms with Crippen LogP contribution in [-0.4, -0.2) is 97.5 Å². The van der Waals surface area contributed by atoms with E-state index in [0.29, 0.717) is 13.0 Å². The van der Waals surface area contributed by atoms with Crippen molar-refractivity contribution >= 4 is 16.4 Å². The summed E-state index contributed by atoms with van der Waals surface area (Å²) < 4.78 is 59.3. The van der Waals surface area contributed by atoms with Crippen LogP contribution in [0.3, 0.4) is 0 Å². The van der Waals surface area contributed by atoms with E-state index in [9.17, 15) is 33.1 Å². The molecule has 6 atom stereocenters. The van der Waals surface area contributed by atoms with Gasteiger partial charge in [0.05, 0.1) is 19.8 Å². The third-order valence-corrected chi connectivity index (χ3v) is 13.2. The van der Waals surface area contributed by atoms with Crippen molar-refractivity contribution in [3.8, 4) is 0 Å². The smallest absolute Gasteiger partial charge is 0.397 e. The maximum absolute atomic E-state index is 12.9. The van der Waals surface area contributed by atoms with Crippen molar-refractivity contribution < 1.29 is 56.2 Å². The second-order valence-electron chi connectivity index (χ2n) is 19.2. The van der Waals surface area contributed by atoms with Gasteiger partial charge in [-0.2, -0.15) is 8.42 Å². The predicted molar refractivity (Wildman–Crippen MR) is 276 cm³/mol.